The smallest absolute Gasteiger partial charge is 0.410 e. The summed E-state index contributed by atoms with van der Waals surface area (Å²) in [5.41, 5.74) is 4.47. The monoisotopic (exact) mass is 451 g/mol. The molecule has 1 N–H and O–H groups in total. The molecule has 1 saturated heterocycles. The number of hydrogen-bond donors (Lipinski definition) is 1. The lowest BCUT2D eigenvalue weighted by Crippen LogP contribution is -2.43. The quantitative estimate of drug-likeness (QED) is 0.426. The van der Waals surface area contributed by atoms with E-state index in [-0.39, 0.29) is 12.5 Å². The number of amides is 2. The maximum Gasteiger partial charge on any atom is 0.410 e. The Kier molecular flexibility index (Phi) is 6.21. The van der Waals surface area contributed by atoms with E-state index in [9.17, 15) is 9.59 Å². The number of anilines is 1. The van der Waals surface area contributed by atoms with Crippen LogP contribution in [0.4, 0.5) is 10.5 Å². The first-order valence-corrected chi connectivity index (χ1v) is 11.4. The summed E-state index contributed by atoms with van der Waals surface area (Å²) in [5.74, 6) is -0.206. The third-order valence-corrected chi connectivity index (χ3v) is 6.05. The van der Waals surface area contributed by atoms with Gasteiger partial charge in [-0.3, -0.25) is 14.7 Å². The second-order valence-electron chi connectivity index (χ2n) is 8.38. The molecule has 170 valence electrons. The van der Waals surface area contributed by atoms with Crippen LogP contribution >= 0.6 is 0 Å². The van der Waals surface area contributed by atoms with E-state index in [2.05, 4.69) is 16.4 Å². The first-order valence-electron chi connectivity index (χ1n) is 11.4. The highest BCUT2D eigenvalue weighted by molar-refractivity contribution is 5.97. The van der Waals surface area contributed by atoms with E-state index >= 15 is 0 Å². The van der Waals surface area contributed by atoms with Crippen molar-refractivity contribution in [1.29, 1.82) is 0 Å². The van der Waals surface area contributed by atoms with E-state index in [1.807, 2.05) is 85.1 Å². The molecule has 6 nitrogen and oxygen atoms in total. The fourth-order valence-electron chi connectivity index (χ4n) is 4.29. The minimum absolute atomic E-state index is 0.187. The summed E-state index contributed by atoms with van der Waals surface area (Å²) >= 11 is 0. The summed E-state index contributed by atoms with van der Waals surface area (Å²) < 4.78 is 5.45. The van der Waals surface area contributed by atoms with E-state index in [0.29, 0.717) is 18.7 Å². The van der Waals surface area contributed by atoms with E-state index in [0.717, 1.165) is 34.0 Å². The number of carbonyl (C=O) groups is 2. The van der Waals surface area contributed by atoms with Crippen molar-refractivity contribution in [3.05, 3.63) is 96.7 Å². The molecule has 0 unspecified atom stereocenters. The predicted octanol–water partition coefficient (Wildman–Crippen LogP) is 5.64. The van der Waals surface area contributed by atoms with Crippen molar-refractivity contribution in [2.75, 3.05) is 11.9 Å². The van der Waals surface area contributed by atoms with Gasteiger partial charge in [-0.05, 0) is 48.2 Å². The van der Waals surface area contributed by atoms with Gasteiger partial charge in [-0.2, -0.15) is 0 Å². The lowest BCUT2D eigenvalue weighted by Gasteiger charge is -2.23. The third kappa shape index (κ3) is 4.76. The molecule has 34 heavy (non-hydrogen) atoms. The standard InChI is InChI=1S/C28H25N3O3/c32-27(26-14-7-15-31(26)28(33)34-19-20-8-2-1-3-9-20)30-24-12-6-11-21(17-24)23-16-22-10-4-5-13-25(22)29-18-23/h1-6,8-13,16-18,26H,7,14-15,19H2,(H,30,32)/t26-/m0/s1. The van der Waals surface area contributed by atoms with Crippen molar-refractivity contribution >= 4 is 28.6 Å². The fraction of sp³-hybridized carbons (Fsp3) is 0.179. The van der Waals surface area contributed by atoms with Gasteiger partial charge in [-0.25, -0.2) is 4.79 Å². The molecular weight excluding hydrogens is 426 g/mol. The van der Waals surface area contributed by atoms with Crippen LogP contribution in [-0.2, 0) is 16.1 Å². The van der Waals surface area contributed by atoms with Gasteiger partial charge in [-0.1, -0.05) is 60.7 Å². The zero-order chi connectivity index (χ0) is 23.3. The fourth-order valence-corrected chi connectivity index (χ4v) is 4.29. The van der Waals surface area contributed by atoms with Gasteiger partial charge in [-0.15, -0.1) is 0 Å². The van der Waals surface area contributed by atoms with Crippen LogP contribution < -0.4 is 5.32 Å². The highest BCUT2D eigenvalue weighted by atomic mass is 16.6. The predicted molar refractivity (Wildman–Crippen MR) is 132 cm³/mol. The minimum atomic E-state index is -0.547. The first-order chi connectivity index (χ1) is 16.7. The van der Waals surface area contributed by atoms with Crippen LogP contribution in [0.5, 0.6) is 0 Å². The summed E-state index contributed by atoms with van der Waals surface area (Å²) in [6.45, 7) is 0.695. The number of fused-ring (bicyclic) bond motifs is 1. The zero-order valence-corrected chi connectivity index (χ0v) is 18.7. The maximum absolute atomic E-state index is 13.1. The summed E-state index contributed by atoms with van der Waals surface area (Å²) in [5, 5.41) is 4.04. The Morgan fingerprint density at radius 1 is 0.941 bits per heavy atom. The van der Waals surface area contributed by atoms with Crippen LogP contribution in [0.15, 0.2) is 91.1 Å². The molecule has 0 aliphatic carbocycles. The van der Waals surface area contributed by atoms with Crippen LogP contribution in [-0.4, -0.2) is 34.5 Å². The molecule has 6 heteroatoms. The summed E-state index contributed by atoms with van der Waals surface area (Å²) in [6.07, 6.45) is 2.75. The number of hydrogen-bond acceptors (Lipinski definition) is 4. The minimum Gasteiger partial charge on any atom is -0.445 e. The topological polar surface area (TPSA) is 71.5 Å². The second-order valence-corrected chi connectivity index (χ2v) is 8.38. The zero-order valence-electron chi connectivity index (χ0n) is 18.7. The first kappa shape index (κ1) is 21.6. The van der Waals surface area contributed by atoms with Crippen molar-refractivity contribution in [3.63, 3.8) is 0 Å². The summed E-state index contributed by atoms with van der Waals surface area (Å²) in [4.78, 5) is 31.8. The average molecular weight is 452 g/mol. The number of likely N-dealkylation sites (tertiary alicyclic amines) is 1. The lowest BCUT2D eigenvalue weighted by molar-refractivity contribution is -0.120. The van der Waals surface area contributed by atoms with E-state index in [4.69, 9.17) is 4.74 Å². The Balaban J connectivity index is 1.26. The molecule has 2 heterocycles. The molecule has 0 bridgehead atoms. The molecule has 0 spiro atoms. The largest absolute Gasteiger partial charge is 0.445 e. The van der Waals surface area contributed by atoms with Crippen molar-refractivity contribution in [2.45, 2.75) is 25.5 Å². The highest BCUT2D eigenvalue weighted by Crippen LogP contribution is 2.26. The van der Waals surface area contributed by atoms with Crippen molar-refractivity contribution < 1.29 is 14.3 Å². The molecule has 0 saturated carbocycles. The van der Waals surface area contributed by atoms with Gasteiger partial charge in [0.2, 0.25) is 5.91 Å². The van der Waals surface area contributed by atoms with Crippen molar-refractivity contribution in [2.24, 2.45) is 0 Å². The number of carbonyl (C=O) groups excluding carboxylic acids is 2. The van der Waals surface area contributed by atoms with Gasteiger partial charge in [0, 0.05) is 29.4 Å². The van der Waals surface area contributed by atoms with Gasteiger partial charge in [0.1, 0.15) is 12.6 Å². The van der Waals surface area contributed by atoms with Crippen LogP contribution in [0.25, 0.3) is 22.0 Å². The maximum atomic E-state index is 13.1. The van der Waals surface area contributed by atoms with E-state index in [1.54, 1.807) is 0 Å². The van der Waals surface area contributed by atoms with Crippen LogP contribution in [0, 0.1) is 0 Å². The van der Waals surface area contributed by atoms with Gasteiger partial charge in [0.05, 0.1) is 5.52 Å². The average Bonchev–Trinajstić information content (AvgIpc) is 3.38. The molecule has 3 aromatic carbocycles. The SMILES string of the molecule is O=C(Nc1cccc(-c2cnc3ccccc3c2)c1)[C@@H]1CCCN1C(=O)OCc1ccccc1. The van der Waals surface area contributed by atoms with Gasteiger partial charge < -0.3 is 10.1 Å². The Morgan fingerprint density at radius 2 is 1.76 bits per heavy atom. The van der Waals surface area contributed by atoms with Gasteiger partial charge >= 0.3 is 6.09 Å². The summed E-state index contributed by atoms with van der Waals surface area (Å²) in [7, 11) is 0. The summed E-state index contributed by atoms with van der Waals surface area (Å²) in [6, 6.07) is 26.7. The number of nitrogens with one attached hydrogen (secondary N) is 1. The Bertz CT molecular complexity index is 1320. The Labute approximate surface area is 198 Å². The van der Waals surface area contributed by atoms with Crippen molar-refractivity contribution in [1.82, 2.24) is 9.88 Å². The van der Waals surface area contributed by atoms with Crippen LogP contribution in [0.2, 0.25) is 0 Å². The molecule has 1 fully saturated rings. The number of nitrogens with zero attached hydrogens (tertiary/aromatic N) is 2. The van der Waals surface area contributed by atoms with Crippen LogP contribution in [0.1, 0.15) is 18.4 Å². The Hall–Kier alpha value is -4.19. The van der Waals surface area contributed by atoms with E-state index < -0.39 is 12.1 Å². The normalized spacial score (nSPS) is 15.3. The van der Waals surface area contributed by atoms with Gasteiger partial charge in [0.15, 0.2) is 0 Å². The third-order valence-electron chi connectivity index (χ3n) is 6.05. The highest BCUT2D eigenvalue weighted by Gasteiger charge is 2.35. The molecule has 4 aromatic rings. The number of ether oxygens (including phenoxy) is 1. The number of aromatic nitrogens is 1. The molecule has 1 aromatic heterocycles. The van der Waals surface area contributed by atoms with Crippen LogP contribution in [0.3, 0.4) is 0 Å². The molecule has 1 aliphatic heterocycles. The number of para-hydroxylation sites is 1. The van der Waals surface area contributed by atoms with Crippen molar-refractivity contribution in [3.8, 4) is 11.1 Å². The molecule has 1 atom stereocenters. The Morgan fingerprint density at radius 3 is 2.65 bits per heavy atom. The molecule has 2 amide bonds. The second kappa shape index (κ2) is 9.75. The number of benzene rings is 3. The van der Waals surface area contributed by atoms with E-state index in [1.165, 1.54) is 4.90 Å². The lowest BCUT2D eigenvalue weighted by atomic mass is 10.0. The number of pyridine rings is 1. The van der Waals surface area contributed by atoms with Gasteiger partial charge in [0.25, 0.3) is 0 Å². The number of rotatable bonds is 5. The molecule has 1 aliphatic rings. The molecule has 0 radical (unpaired) electrons. The molecular formula is C28H25N3O3. The molecule has 5 rings (SSSR count).